The lowest BCUT2D eigenvalue weighted by molar-refractivity contribution is -0.121. The van der Waals surface area contributed by atoms with Crippen LogP contribution in [0.3, 0.4) is 0 Å². The molecule has 5 heteroatoms. The van der Waals surface area contributed by atoms with Crippen LogP contribution < -0.4 is 10.6 Å². The fourth-order valence-electron chi connectivity index (χ4n) is 2.49. The van der Waals surface area contributed by atoms with Gasteiger partial charge >= 0.3 is 0 Å². The Morgan fingerprint density at radius 2 is 2.06 bits per heavy atom. The minimum Gasteiger partial charge on any atom is -0.353 e. The zero-order valence-corrected chi connectivity index (χ0v) is 10.7. The smallest absolute Gasteiger partial charge is 0.248 e. The second-order valence-corrected chi connectivity index (χ2v) is 5.61. The molecule has 0 aromatic rings. The summed E-state index contributed by atoms with van der Waals surface area (Å²) in [5.41, 5.74) is 0. The predicted molar refractivity (Wildman–Crippen MR) is 65.6 cm³/mol. The summed E-state index contributed by atoms with van der Waals surface area (Å²) in [6, 6.07) is 0.398. The minimum absolute atomic E-state index is 0.00568. The Balaban J connectivity index is 1.53. The number of hydrogen-bond donors (Lipinski definition) is 2. The summed E-state index contributed by atoms with van der Waals surface area (Å²) >= 11 is 0. The first-order valence-corrected chi connectivity index (χ1v) is 6.93. The molecular weight excluding hydrogens is 238 g/mol. The molecule has 0 bridgehead atoms. The Hall–Kier alpha value is -0.710. The number of alkyl halides is 2. The quantitative estimate of drug-likeness (QED) is 0.718. The molecule has 104 valence electrons. The van der Waals surface area contributed by atoms with Gasteiger partial charge in [-0.1, -0.05) is 0 Å². The second kappa shape index (κ2) is 5.95. The van der Waals surface area contributed by atoms with Crippen LogP contribution >= 0.6 is 0 Å². The zero-order valence-electron chi connectivity index (χ0n) is 10.7. The summed E-state index contributed by atoms with van der Waals surface area (Å²) in [5.74, 6) is -2.35. The third-order valence-electron chi connectivity index (χ3n) is 3.65. The first-order chi connectivity index (χ1) is 8.55. The first kappa shape index (κ1) is 13.7. The summed E-state index contributed by atoms with van der Waals surface area (Å²) in [6.07, 6.45) is 4.15. The molecule has 3 nitrogen and oxygen atoms in total. The van der Waals surface area contributed by atoms with Crippen molar-refractivity contribution in [3.05, 3.63) is 0 Å². The maximum atomic E-state index is 13.2. The maximum absolute atomic E-state index is 13.2. The SMILES string of the molecule is O=C(CCNCC1CCCC(F)(F)C1)NC1CC1. The Bertz CT molecular complexity index is 293. The average Bonchev–Trinajstić information content (AvgIpc) is 3.07. The van der Waals surface area contributed by atoms with Crippen molar-refractivity contribution < 1.29 is 13.6 Å². The number of carbonyl (C=O) groups excluding carboxylic acids is 1. The zero-order chi connectivity index (χ0) is 13.0. The molecule has 0 spiro atoms. The Kier molecular flexibility index (Phi) is 4.54. The van der Waals surface area contributed by atoms with Crippen LogP contribution in [0.2, 0.25) is 0 Å². The van der Waals surface area contributed by atoms with E-state index in [4.69, 9.17) is 0 Å². The number of halogens is 2. The van der Waals surface area contributed by atoms with Gasteiger partial charge < -0.3 is 10.6 Å². The molecule has 2 fully saturated rings. The molecule has 0 aromatic carbocycles. The number of rotatable bonds is 6. The van der Waals surface area contributed by atoms with Crippen LogP contribution in [0, 0.1) is 5.92 Å². The highest BCUT2D eigenvalue weighted by atomic mass is 19.3. The van der Waals surface area contributed by atoms with E-state index in [0.717, 1.165) is 19.3 Å². The van der Waals surface area contributed by atoms with E-state index >= 15 is 0 Å². The van der Waals surface area contributed by atoms with E-state index in [2.05, 4.69) is 10.6 Å². The molecule has 2 aliphatic carbocycles. The molecule has 2 N–H and O–H groups in total. The van der Waals surface area contributed by atoms with Crippen LogP contribution in [0.4, 0.5) is 8.78 Å². The molecule has 0 heterocycles. The molecule has 1 unspecified atom stereocenters. The van der Waals surface area contributed by atoms with Crippen LogP contribution in [0.15, 0.2) is 0 Å². The Morgan fingerprint density at radius 1 is 1.28 bits per heavy atom. The molecular formula is C13H22F2N2O. The molecule has 2 rings (SSSR count). The Labute approximate surface area is 107 Å². The lowest BCUT2D eigenvalue weighted by atomic mass is 9.86. The lowest BCUT2D eigenvalue weighted by Crippen LogP contribution is -2.34. The topological polar surface area (TPSA) is 41.1 Å². The molecule has 2 aliphatic rings. The van der Waals surface area contributed by atoms with E-state index in [1.54, 1.807) is 0 Å². The lowest BCUT2D eigenvalue weighted by Gasteiger charge is -2.28. The molecule has 0 saturated heterocycles. The second-order valence-electron chi connectivity index (χ2n) is 5.61. The summed E-state index contributed by atoms with van der Waals surface area (Å²) in [5, 5.41) is 6.03. The third kappa shape index (κ3) is 4.88. The fourth-order valence-corrected chi connectivity index (χ4v) is 2.49. The molecule has 0 aliphatic heterocycles. The summed E-state index contributed by atoms with van der Waals surface area (Å²) < 4.78 is 26.3. The van der Waals surface area contributed by atoms with Gasteiger partial charge in [0, 0.05) is 31.8 Å². The van der Waals surface area contributed by atoms with Crippen molar-refractivity contribution in [2.75, 3.05) is 13.1 Å². The van der Waals surface area contributed by atoms with E-state index in [1.807, 2.05) is 0 Å². The largest absolute Gasteiger partial charge is 0.353 e. The maximum Gasteiger partial charge on any atom is 0.248 e. The molecule has 18 heavy (non-hydrogen) atoms. The fraction of sp³-hybridized carbons (Fsp3) is 0.923. The number of nitrogens with one attached hydrogen (secondary N) is 2. The minimum atomic E-state index is -2.48. The van der Waals surface area contributed by atoms with E-state index < -0.39 is 5.92 Å². The number of amides is 1. The van der Waals surface area contributed by atoms with Crippen molar-refractivity contribution in [1.29, 1.82) is 0 Å². The van der Waals surface area contributed by atoms with E-state index in [-0.39, 0.29) is 24.7 Å². The average molecular weight is 260 g/mol. The van der Waals surface area contributed by atoms with Crippen molar-refractivity contribution in [1.82, 2.24) is 10.6 Å². The first-order valence-electron chi connectivity index (χ1n) is 6.93. The van der Waals surface area contributed by atoms with E-state index in [0.29, 0.717) is 32.0 Å². The van der Waals surface area contributed by atoms with Gasteiger partial charge in [0.05, 0.1) is 0 Å². The van der Waals surface area contributed by atoms with Crippen LogP contribution in [0.5, 0.6) is 0 Å². The van der Waals surface area contributed by atoms with Gasteiger partial charge in [-0.05, 0) is 38.1 Å². The molecule has 1 atom stereocenters. The monoisotopic (exact) mass is 260 g/mol. The van der Waals surface area contributed by atoms with Gasteiger partial charge in [-0.25, -0.2) is 8.78 Å². The van der Waals surface area contributed by atoms with E-state index in [1.165, 1.54) is 0 Å². The van der Waals surface area contributed by atoms with Crippen LogP contribution in [0.1, 0.15) is 44.9 Å². The highest BCUT2D eigenvalue weighted by molar-refractivity contribution is 5.76. The number of hydrogen-bond acceptors (Lipinski definition) is 2. The van der Waals surface area contributed by atoms with Gasteiger partial charge in [0.1, 0.15) is 0 Å². The van der Waals surface area contributed by atoms with Crippen LogP contribution in [-0.2, 0) is 4.79 Å². The van der Waals surface area contributed by atoms with Crippen LogP contribution in [0.25, 0.3) is 0 Å². The summed E-state index contributed by atoms with van der Waals surface area (Å²) in [4.78, 5) is 11.4. The van der Waals surface area contributed by atoms with Gasteiger partial charge in [0.15, 0.2) is 0 Å². The normalized spacial score (nSPS) is 26.9. The van der Waals surface area contributed by atoms with Crippen molar-refractivity contribution >= 4 is 5.91 Å². The van der Waals surface area contributed by atoms with Crippen molar-refractivity contribution in [2.45, 2.75) is 56.9 Å². The van der Waals surface area contributed by atoms with Gasteiger partial charge in [0.2, 0.25) is 11.8 Å². The Morgan fingerprint density at radius 3 is 2.72 bits per heavy atom. The van der Waals surface area contributed by atoms with Crippen molar-refractivity contribution in [3.8, 4) is 0 Å². The highest BCUT2D eigenvalue weighted by Gasteiger charge is 2.35. The van der Waals surface area contributed by atoms with Gasteiger partial charge in [-0.3, -0.25) is 4.79 Å². The van der Waals surface area contributed by atoms with E-state index in [9.17, 15) is 13.6 Å². The van der Waals surface area contributed by atoms with Gasteiger partial charge in [-0.2, -0.15) is 0 Å². The number of carbonyl (C=O) groups is 1. The summed E-state index contributed by atoms with van der Waals surface area (Å²) in [6.45, 7) is 1.19. The standard InChI is InChI=1S/C13H22F2N2O/c14-13(15)6-1-2-10(8-13)9-16-7-5-12(18)17-11-3-4-11/h10-11,16H,1-9H2,(H,17,18). The predicted octanol–water partition coefficient (Wildman–Crippen LogP) is 2.07. The van der Waals surface area contributed by atoms with Crippen LogP contribution in [-0.4, -0.2) is 31.0 Å². The van der Waals surface area contributed by atoms with Gasteiger partial charge in [0.25, 0.3) is 0 Å². The third-order valence-corrected chi connectivity index (χ3v) is 3.65. The van der Waals surface area contributed by atoms with Crippen molar-refractivity contribution in [3.63, 3.8) is 0 Å². The molecule has 0 aromatic heterocycles. The molecule has 0 radical (unpaired) electrons. The highest BCUT2D eigenvalue weighted by Crippen LogP contribution is 2.36. The molecule has 2 saturated carbocycles. The van der Waals surface area contributed by atoms with Gasteiger partial charge in [-0.15, -0.1) is 0 Å². The summed E-state index contributed by atoms with van der Waals surface area (Å²) in [7, 11) is 0. The van der Waals surface area contributed by atoms with Crippen molar-refractivity contribution in [2.24, 2.45) is 5.92 Å². The molecule has 1 amide bonds.